The van der Waals surface area contributed by atoms with Gasteiger partial charge in [-0.25, -0.2) is 0 Å². The molecule has 1 atom stereocenters. The molecule has 1 spiro atoms. The largest absolute Gasteiger partial charge is 0.489 e. The van der Waals surface area contributed by atoms with Gasteiger partial charge >= 0.3 is 0 Å². The number of fused-ring (bicyclic) bond motifs is 1. The van der Waals surface area contributed by atoms with Crippen molar-refractivity contribution in [2.75, 3.05) is 13.1 Å². The third-order valence-corrected chi connectivity index (χ3v) is 6.29. The number of benzene rings is 2. The summed E-state index contributed by atoms with van der Waals surface area (Å²) in [6.07, 6.45) is 9.13. The number of likely N-dealkylation sites (tertiary alicyclic amines) is 1. The zero-order valence-corrected chi connectivity index (χ0v) is 16.0. The van der Waals surface area contributed by atoms with E-state index in [0.717, 1.165) is 5.75 Å². The normalized spacial score (nSPS) is 23.0. The summed E-state index contributed by atoms with van der Waals surface area (Å²) in [7, 11) is 0. The molecule has 0 aromatic heterocycles. The molecule has 2 nitrogen and oxygen atoms in total. The molecule has 1 fully saturated rings. The summed E-state index contributed by atoms with van der Waals surface area (Å²) in [5.74, 6) is 1.01. The number of rotatable bonds is 5. The zero-order valence-electron chi connectivity index (χ0n) is 16.0. The first-order valence-corrected chi connectivity index (χ1v) is 10.3. The van der Waals surface area contributed by atoms with Crippen molar-refractivity contribution in [2.24, 2.45) is 0 Å². The number of piperidine rings is 1. The summed E-state index contributed by atoms with van der Waals surface area (Å²) in [6, 6.07) is 17.2. The molecule has 0 radical (unpaired) electrons. The van der Waals surface area contributed by atoms with Gasteiger partial charge in [0.1, 0.15) is 12.4 Å². The van der Waals surface area contributed by atoms with Crippen molar-refractivity contribution < 1.29 is 4.74 Å². The maximum Gasteiger partial charge on any atom is 0.120 e. The Labute approximate surface area is 158 Å². The fourth-order valence-electron chi connectivity index (χ4n) is 4.90. The number of ether oxygens (including phenoxy) is 1. The number of aryl methyl sites for hydroxylation is 1. The van der Waals surface area contributed by atoms with Gasteiger partial charge in [-0.1, -0.05) is 49.7 Å². The van der Waals surface area contributed by atoms with Crippen molar-refractivity contribution in [1.29, 1.82) is 0 Å². The van der Waals surface area contributed by atoms with E-state index in [-0.39, 0.29) is 0 Å². The molecule has 2 heteroatoms. The van der Waals surface area contributed by atoms with E-state index in [1.807, 2.05) is 6.07 Å². The Morgan fingerprint density at radius 3 is 2.73 bits per heavy atom. The molecule has 2 aromatic rings. The first-order valence-electron chi connectivity index (χ1n) is 10.3. The van der Waals surface area contributed by atoms with E-state index in [0.29, 0.717) is 12.1 Å². The Morgan fingerprint density at radius 2 is 1.88 bits per heavy atom. The molecule has 1 aliphatic heterocycles. The summed E-state index contributed by atoms with van der Waals surface area (Å²) in [5, 5.41) is 0. The predicted octanol–water partition coefficient (Wildman–Crippen LogP) is 5.39. The van der Waals surface area contributed by atoms with Crippen molar-refractivity contribution in [2.45, 2.75) is 64.0 Å². The average Bonchev–Trinajstić information content (AvgIpc) is 2.69. The van der Waals surface area contributed by atoms with Crippen molar-refractivity contribution in [3.8, 4) is 5.75 Å². The van der Waals surface area contributed by atoms with E-state index in [2.05, 4.69) is 54.3 Å². The Hall–Kier alpha value is -1.80. The minimum absolute atomic E-state index is 0.424. The standard InChI is InChI=1S/C24H31NO/c1-2-15-25-16-7-6-13-24(25)14-12-21-17-23(11-10-22(21)18-24)26-19-20-8-4-3-5-9-20/h3-5,8-11,17H,2,6-7,12-16,18-19H2,1H3. The maximum atomic E-state index is 6.04. The molecule has 0 bridgehead atoms. The van der Waals surface area contributed by atoms with Crippen molar-refractivity contribution in [3.05, 3.63) is 65.2 Å². The fourth-order valence-corrected chi connectivity index (χ4v) is 4.90. The number of hydrogen-bond donors (Lipinski definition) is 0. The van der Waals surface area contributed by atoms with E-state index in [1.165, 1.54) is 69.2 Å². The minimum Gasteiger partial charge on any atom is -0.489 e. The highest BCUT2D eigenvalue weighted by atomic mass is 16.5. The first-order chi connectivity index (χ1) is 12.8. The molecule has 1 heterocycles. The highest BCUT2D eigenvalue weighted by Gasteiger charge is 2.40. The Morgan fingerprint density at radius 1 is 1.00 bits per heavy atom. The molecule has 0 N–H and O–H groups in total. The second kappa shape index (κ2) is 7.84. The second-order valence-corrected chi connectivity index (χ2v) is 8.05. The third kappa shape index (κ3) is 3.66. The lowest BCUT2D eigenvalue weighted by molar-refractivity contribution is 0.0340. The van der Waals surface area contributed by atoms with Gasteiger partial charge in [-0.2, -0.15) is 0 Å². The monoisotopic (exact) mass is 349 g/mol. The average molecular weight is 350 g/mol. The molecule has 2 aromatic carbocycles. The highest BCUT2D eigenvalue weighted by molar-refractivity contribution is 5.39. The second-order valence-electron chi connectivity index (χ2n) is 8.05. The van der Waals surface area contributed by atoms with Gasteiger partial charge < -0.3 is 4.74 Å². The van der Waals surface area contributed by atoms with E-state index in [4.69, 9.17) is 4.74 Å². The lowest BCUT2D eigenvalue weighted by atomic mass is 9.72. The van der Waals surface area contributed by atoms with Gasteiger partial charge in [0.15, 0.2) is 0 Å². The van der Waals surface area contributed by atoms with E-state index in [1.54, 1.807) is 5.56 Å². The Balaban J connectivity index is 1.47. The van der Waals surface area contributed by atoms with Gasteiger partial charge in [0.25, 0.3) is 0 Å². The summed E-state index contributed by atoms with van der Waals surface area (Å²) >= 11 is 0. The van der Waals surface area contributed by atoms with Crippen LogP contribution in [0.25, 0.3) is 0 Å². The highest BCUT2D eigenvalue weighted by Crippen LogP contribution is 2.40. The lowest BCUT2D eigenvalue weighted by Gasteiger charge is -2.50. The van der Waals surface area contributed by atoms with Crippen LogP contribution in [0.4, 0.5) is 0 Å². The van der Waals surface area contributed by atoms with Crippen LogP contribution in [0.1, 0.15) is 55.7 Å². The van der Waals surface area contributed by atoms with Crippen LogP contribution >= 0.6 is 0 Å². The Bertz CT molecular complexity index is 724. The summed E-state index contributed by atoms with van der Waals surface area (Å²) in [5.41, 5.74) is 4.70. The SMILES string of the molecule is CCCN1CCCCC12CCc1cc(OCc3ccccc3)ccc1C2. The Kier molecular flexibility index (Phi) is 5.31. The van der Waals surface area contributed by atoms with Gasteiger partial charge in [0, 0.05) is 5.54 Å². The van der Waals surface area contributed by atoms with Crippen LogP contribution in [-0.2, 0) is 19.4 Å². The summed E-state index contributed by atoms with van der Waals surface area (Å²) in [4.78, 5) is 2.80. The molecular formula is C24H31NO. The first kappa shape index (κ1) is 17.6. The molecule has 0 saturated carbocycles. The summed E-state index contributed by atoms with van der Waals surface area (Å²) in [6.45, 7) is 5.51. The van der Waals surface area contributed by atoms with E-state index in [9.17, 15) is 0 Å². The van der Waals surface area contributed by atoms with Crippen molar-refractivity contribution in [1.82, 2.24) is 4.90 Å². The van der Waals surface area contributed by atoms with Gasteiger partial charge in [-0.15, -0.1) is 0 Å². The van der Waals surface area contributed by atoms with Crippen LogP contribution in [0.3, 0.4) is 0 Å². The van der Waals surface area contributed by atoms with Crippen LogP contribution in [0, 0.1) is 0 Å². The van der Waals surface area contributed by atoms with Crippen LogP contribution in [0.2, 0.25) is 0 Å². The third-order valence-electron chi connectivity index (χ3n) is 6.29. The van der Waals surface area contributed by atoms with Gasteiger partial charge in [0.2, 0.25) is 0 Å². The van der Waals surface area contributed by atoms with E-state index < -0.39 is 0 Å². The number of nitrogens with zero attached hydrogens (tertiary/aromatic N) is 1. The van der Waals surface area contributed by atoms with Crippen molar-refractivity contribution in [3.63, 3.8) is 0 Å². The fraction of sp³-hybridized carbons (Fsp3) is 0.500. The van der Waals surface area contributed by atoms with Crippen LogP contribution in [-0.4, -0.2) is 23.5 Å². The molecule has 2 aliphatic rings. The van der Waals surface area contributed by atoms with Crippen LogP contribution < -0.4 is 4.74 Å². The molecule has 26 heavy (non-hydrogen) atoms. The molecule has 1 aliphatic carbocycles. The minimum atomic E-state index is 0.424. The van der Waals surface area contributed by atoms with E-state index >= 15 is 0 Å². The molecule has 1 saturated heterocycles. The number of hydrogen-bond acceptors (Lipinski definition) is 2. The molecule has 0 amide bonds. The van der Waals surface area contributed by atoms with Crippen molar-refractivity contribution >= 4 is 0 Å². The molecule has 1 unspecified atom stereocenters. The quantitative estimate of drug-likeness (QED) is 0.717. The zero-order chi connectivity index (χ0) is 17.8. The molecule has 138 valence electrons. The van der Waals surface area contributed by atoms with Gasteiger partial charge in [0.05, 0.1) is 0 Å². The smallest absolute Gasteiger partial charge is 0.120 e. The van der Waals surface area contributed by atoms with Crippen LogP contribution in [0.5, 0.6) is 5.75 Å². The molecular weight excluding hydrogens is 318 g/mol. The molecule has 4 rings (SSSR count). The lowest BCUT2D eigenvalue weighted by Crippen LogP contribution is -2.55. The van der Waals surface area contributed by atoms with Gasteiger partial charge in [-0.05, 0) is 80.4 Å². The summed E-state index contributed by atoms with van der Waals surface area (Å²) < 4.78 is 6.04. The maximum absolute atomic E-state index is 6.04. The predicted molar refractivity (Wildman–Crippen MR) is 108 cm³/mol. The van der Waals surface area contributed by atoms with Gasteiger partial charge in [-0.3, -0.25) is 4.90 Å². The van der Waals surface area contributed by atoms with Crippen LogP contribution in [0.15, 0.2) is 48.5 Å². The topological polar surface area (TPSA) is 12.5 Å².